The summed E-state index contributed by atoms with van der Waals surface area (Å²) >= 11 is 0. The van der Waals surface area contributed by atoms with Crippen LogP contribution in [0, 0.1) is 11.8 Å². The lowest BCUT2D eigenvalue weighted by Crippen LogP contribution is -2.84. The SMILES string of the molecule is CCCCCCCCCCCCOc1ccc(-c2ccc(OCCOC(=O)[C@@]34O[C@@](C(=O)OCCOc5ccc(-c6ccc(OCCCCCCCCCCCC)cc6)cc5)(C5CCCCC53)C4(OC)OC)cc2)cc1. The van der Waals surface area contributed by atoms with Crippen LogP contribution in [0.1, 0.15) is 168 Å². The van der Waals surface area contributed by atoms with Gasteiger partial charge < -0.3 is 42.6 Å². The molecular weight excluding hydrogens is 957 g/mol. The summed E-state index contributed by atoms with van der Waals surface area (Å²) in [5.74, 6) is -0.693. The van der Waals surface area contributed by atoms with Gasteiger partial charge in [-0.2, -0.15) is 0 Å². The second-order valence-electron chi connectivity index (χ2n) is 21.2. The predicted molar refractivity (Wildman–Crippen MR) is 300 cm³/mol. The van der Waals surface area contributed by atoms with Crippen molar-refractivity contribution < 1.29 is 52.2 Å². The fraction of sp³-hybridized carbons (Fsp3) is 0.600. The zero-order valence-corrected chi connectivity index (χ0v) is 46.6. The molecule has 11 nitrogen and oxygen atoms in total. The molecule has 0 N–H and O–H groups in total. The lowest BCUT2D eigenvalue weighted by atomic mass is 9.76. The summed E-state index contributed by atoms with van der Waals surface area (Å²) in [4.78, 5) is 28.5. The highest BCUT2D eigenvalue weighted by atomic mass is 16.8. The zero-order chi connectivity index (χ0) is 53.3. The van der Waals surface area contributed by atoms with Gasteiger partial charge in [-0.15, -0.1) is 0 Å². The van der Waals surface area contributed by atoms with Crippen LogP contribution >= 0.6 is 0 Å². The third-order valence-corrected chi connectivity index (χ3v) is 16.1. The van der Waals surface area contributed by atoms with E-state index in [0.717, 1.165) is 72.6 Å². The summed E-state index contributed by atoms with van der Waals surface area (Å²) in [7, 11) is 2.88. The molecule has 2 heterocycles. The minimum Gasteiger partial charge on any atom is -0.494 e. The van der Waals surface area contributed by atoms with Gasteiger partial charge in [0.2, 0.25) is 17.0 Å². The molecule has 2 aliphatic carbocycles. The Hall–Kier alpha value is -5.10. The third-order valence-electron chi connectivity index (χ3n) is 16.1. The molecule has 0 spiro atoms. The fourth-order valence-corrected chi connectivity index (χ4v) is 12.0. The molecule has 416 valence electrons. The first-order chi connectivity index (χ1) is 37.4. The van der Waals surface area contributed by atoms with Crippen molar-refractivity contribution in [3.8, 4) is 45.3 Å². The number of benzene rings is 4. The molecule has 0 radical (unpaired) electrons. The van der Waals surface area contributed by atoms with Gasteiger partial charge in [-0.05, 0) is 96.5 Å². The van der Waals surface area contributed by atoms with Gasteiger partial charge in [-0.25, -0.2) is 9.59 Å². The van der Waals surface area contributed by atoms with E-state index in [0.29, 0.717) is 24.3 Å². The normalized spacial score (nSPS) is 20.1. The Bertz CT molecular complexity index is 2120. The third kappa shape index (κ3) is 14.5. The first kappa shape index (κ1) is 58.6. The van der Waals surface area contributed by atoms with Crippen LogP contribution in [0.4, 0.5) is 0 Å². The summed E-state index contributed by atoms with van der Waals surface area (Å²) in [5, 5.41) is 0. The molecule has 4 atom stereocenters. The van der Waals surface area contributed by atoms with Crippen molar-refractivity contribution in [1.29, 1.82) is 0 Å². The zero-order valence-electron chi connectivity index (χ0n) is 46.6. The van der Waals surface area contributed by atoms with E-state index in [1.54, 1.807) is 0 Å². The summed E-state index contributed by atoms with van der Waals surface area (Å²) in [6.07, 6.45) is 29.1. The number of carbonyl (C=O) groups excluding carboxylic acids is 2. The van der Waals surface area contributed by atoms with Crippen LogP contribution in [-0.4, -0.2) is 82.8 Å². The highest BCUT2D eigenvalue weighted by Gasteiger charge is 2.96. The lowest BCUT2D eigenvalue weighted by molar-refractivity contribution is -0.445. The van der Waals surface area contributed by atoms with Crippen LogP contribution in [0.25, 0.3) is 22.3 Å². The molecule has 4 aromatic rings. The molecule has 11 heteroatoms. The number of rotatable bonds is 38. The quantitative estimate of drug-likeness (QED) is 0.0243. The minimum absolute atomic E-state index is 0.0380. The van der Waals surface area contributed by atoms with Crippen LogP contribution in [-0.2, 0) is 33.3 Å². The monoisotopic (exact) mass is 1050 g/mol. The molecule has 4 fully saturated rings. The highest BCUT2D eigenvalue weighted by Crippen LogP contribution is 2.73. The van der Waals surface area contributed by atoms with Crippen molar-refractivity contribution in [2.24, 2.45) is 11.8 Å². The fourth-order valence-electron chi connectivity index (χ4n) is 12.0. The van der Waals surface area contributed by atoms with Crippen LogP contribution in [0.5, 0.6) is 23.0 Å². The first-order valence-corrected chi connectivity index (χ1v) is 29.4. The molecule has 0 amide bonds. The van der Waals surface area contributed by atoms with Gasteiger partial charge in [-0.1, -0.05) is 191 Å². The van der Waals surface area contributed by atoms with Crippen molar-refractivity contribution in [3.05, 3.63) is 97.1 Å². The van der Waals surface area contributed by atoms with Gasteiger partial charge in [0.15, 0.2) is 0 Å². The number of esters is 2. The maximum atomic E-state index is 14.3. The molecule has 8 rings (SSSR count). The van der Waals surface area contributed by atoms with Gasteiger partial charge in [0.05, 0.1) is 13.2 Å². The Kier molecular flexibility index (Phi) is 23.7. The second-order valence-corrected chi connectivity index (χ2v) is 21.2. The topological polar surface area (TPSA) is 117 Å². The maximum absolute atomic E-state index is 14.3. The Morgan fingerprint density at radius 2 is 0.671 bits per heavy atom. The number of carbonyl (C=O) groups is 2. The van der Waals surface area contributed by atoms with Gasteiger partial charge in [0.1, 0.15) is 49.4 Å². The van der Waals surface area contributed by atoms with E-state index in [1.807, 2.05) is 72.8 Å². The molecule has 2 bridgehead atoms. The Balaban J connectivity index is 0.811. The van der Waals surface area contributed by atoms with Gasteiger partial charge in [-0.3, -0.25) is 0 Å². The summed E-state index contributed by atoms with van der Waals surface area (Å²) in [6.45, 7) is 6.17. The molecule has 2 unspecified atom stereocenters. The number of ether oxygens (including phenoxy) is 9. The number of hydrogen-bond acceptors (Lipinski definition) is 11. The van der Waals surface area contributed by atoms with Crippen LogP contribution < -0.4 is 18.9 Å². The smallest absolute Gasteiger partial charge is 0.344 e. The van der Waals surface area contributed by atoms with Gasteiger partial charge in [0.25, 0.3) is 0 Å². The van der Waals surface area contributed by atoms with E-state index in [4.69, 9.17) is 42.6 Å². The molecular formula is C65H90O11. The molecule has 0 aromatic heterocycles. The van der Waals surface area contributed by atoms with Crippen LogP contribution in [0.15, 0.2) is 97.1 Å². The lowest BCUT2D eigenvalue weighted by Gasteiger charge is -2.58. The van der Waals surface area contributed by atoms with Gasteiger partial charge >= 0.3 is 11.9 Å². The second kappa shape index (κ2) is 30.7. The Morgan fingerprint density at radius 3 is 0.961 bits per heavy atom. The summed E-state index contributed by atoms with van der Waals surface area (Å²) in [6, 6.07) is 32.0. The summed E-state index contributed by atoms with van der Waals surface area (Å²) < 4.78 is 54.6. The Morgan fingerprint density at radius 1 is 0.395 bits per heavy atom. The van der Waals surface area contributed by atoms with E-state index in [2.05, 4.69) is 38.1 Å². The molecule has 76 heavy (non-hydrogen) atoms. The van der Waals surface area contributed by atoms with Crippen molar-refractivity contribution in [3.63, 3.8) is 0 Å². The first-order valence-electron chi connectivity index (χ1n) is 29.4. The van der Waals surface area contributed by atoms with Crippen molar-refractivity contribution in [1.82, 2.24) is 0 Å². The number of hydrogen-bond donors (Lipinski definition) is 0. The van der Waals surface area contributed by atoms with E-state index >= 15 is 0 Å². The predicted octanol–water partition coefficient (Wildman–Crippen LogP) is 15.5. The van der Waals surface area contributed by atoms with Crippen molar-refractivity contribution >= 4 is 11.9 Å². The standard InChI is InChI=1S/C65H90O11/c1-5-7-9-11-13-15-17-19-21-25-45-70-55-37-29-51(30-38-55)53-33-41-57(42-34-53)72-47-49-74-61(66)63-59-27-23-24-28-60(59)64(76-63,65(63,68-3)69-4)62(67)75-50-48-73-58-43-35-54(36-44-58)52-31-39-56(40-32-52)71-46-26-22-20-18-16-14-12-10-8-6-2/h29-44,59-60H,5-28,45-50H2,1-4H3/t59?,60?,63-,64+. The van der Waals surface area contributed by atoms with E-state index in [9.17, 15) is 9.59 Å². The molecule has 4 aromatic carbocycles. The molecule has 2 saturated heterocycles. The Labute approximate surface area is 455 Å². The summed E-state index contributed by atoms with van der Waals surface area (Å²) in [5.41, 5.74) is 0.977. The molecule has 2 saturated carbocycles. The van der Waals surface area contributed by atoms with Gasteiger partial charge in [0, 0.05) is 26.1 Å². The van der Waals surface area contributed by atoms with Crippen molar-refractivity contribution in [2.75, 3.05) is 53.9 Å². The molecule has 2 aliphatic heterocycles. The average Bonchev–Trinajstić information content (AvgIpc) is 4.05. The van der Waals surface area contributed by atoms with Crippen LogP contribution in [0.3, 0.4) is 0 Å². The highest BCUT2D eigenvalue weighted by molar-refractivity contribution is 5.94. The maximum Gasteiger partial charge on any atom is 0.344 e. The van der Waals surface area contributed by atoms with Crippen molar-refractivity contribution in [2.45, 2.75) is 185 Å². The van der Waals surface area contributed by atoms with E-state index in [1.165, 1.54) is 130 Å². The van der Waals surface area contributed by atoms with E-state index < -0.39 is 28.9 Å². The number of unbranched alkanes of at least 4 members (excludes halogenated alkanes) is 18. The average molecular weight is 1050 g/mol. The largest absolute Gasteiger partial charge is 0.494 e. The number of methoxy groups -OCH3 is 2. The minimum atomic E-state index is -1.74. The van der Waals surface area contributed by atoms with E-state index in [-0.39, 0.29) is 38.3 Å². The van der Waals surface area contributed by atoms with Crippen LogP contribution in [0.2, 0.25) is 0 Å². The molecule has 4 aliphatic rings.